The summed E-state index contributed by atoms with van der Waals surface area (Å²) in [6.07, 6.45) is 1.96. The number of carbonyl (C=O) groups excluding carboxylic acids is 1. The van der Waals surface area contributed by atoms with E-state index in [-0.39, 0.29) is 11.8 Å². The van der Waals surface area contributed by atoms with E-state index in [0.29, 0.717) is 0 Å². The molecule has 2 aromatic carbocycles. The number of halogens is 1. The number of carbonyl (C=O) groups is 1. The van der Waals surface area contributed by atoms with Crippen molar-refractivity contribution in [3.63, 3.8) is 0 Å². The number of methoxy groups -OCH3 is 1. The van der Waals surface area contributed by atoms with Crippen molar-refractivity contribution in [1.82, 2.24) is 9.88 Å². The quantitative estimate of drug-likeness (QED) is 0.561. The number of amides is 1. The largest absolute Gasteiger partial charge is 0.497 e. The smallest absolute Gasteiger partial charge is 0.227 e. The third-order valence-corrected chi connectivity index (χ3v) is 7.74. The molecular weight excluding hydrogens is 444 g/mol. The Hall–Kier alpha value is -2.51. The molecule has 6 nitrogen and oxygen atoms in total. The first-order chi connectivity index (χ1) is 15.6. The van der Waals surface area contributed by atoms with Crippen LogP contribution in [0.3, 0.4) is 0 Å². The second kappa shape index (κ2) is 9.16. The molecule has 32 heavy (non-hydrogen) atoms. The van der Waals surface area contributed by atoms with E-state index in [1.807, 2.05) is 47.4 Å². The lowest BCUT2D eigenvalue weighted by Gasteiger charge is -2.39. The first kappa shape index (κ1) is 21.3. The van der Waals surface area contributed by atoms with E-state index in [1.165, 1.54) is 0 Å². The van der Waals surface area contributed by atoms with Gasteiger partial charge in [-0.1, -0.05) is 22.9 Å². The van der Waals surface area contributed by atoms with Crippen LogP contribution in [0.4, 0.5) is 10.8 Å². The van der Waals surface area contributed by atoms with Gasteiger partial charge in [-0.3, -0.25) is 4.79 Å². The molecule has 3 heterocycles. The molecule has 3 aromatic rings. The van der Waals surface area contributed by atoms with E-state index in [1.54, 1.807) is 18.4 Å². The van der Waals surface area contributed by atoms with Gasteiger partial charge in [0.1, 0.15) is 5.75 Å². The summed E-state index contributed by atoms with van der Waals surface area (Å²) in [5.41, 5.74) is 2.15. The van der Waals surface area contributed by atoms with Crippen LogP contribution in [0.15, 0.2) is 42.5 Å². The maximum absolute atomic E-state index is 13.3. The summed E-state index contributed by atoms with van der Waals surface area (Å²) in [6, 6.07) is 13.9. The molecule has 5 rings (SSSR count). The number of rotatable bonds is 4. The number of piperazine rings is 1. The van der Waals surface area contributed by atoms with Crippen LogP contribution in [0.1, 0.15) is 12.8 Å². The van der Waals surface area contributed by atoms with Crippen molar-refractivity contribution < 1.29 is 9.53 Å². The molecule has 0 spiro atoms. The van der Waals surface area contributed by atoms with E-state index in [9.17, 15) is 4.79 Å². The van der Waals surface area contributed by atoms with Crippen molar-refractivity contribution in [3.8, 4) is 5.75 Å². The second-order valence-corrected chi connectivity index (χ2v) is 9.85. The summed E-state index contributed by atoms with van der Waals surface area (Å²) in [7, 11) is 1.68. The van der Waals surface area contributed by atoms with Crippen LogP contribution < -0.4 is 14.5 Å². The van der Waals surface area contributed by atoms with Crippen LogP contribution in [-0.4, -0.2) is 62.2 Å². The van der Waals surface area contributed by atoms with Crippen LogP contribution >= 0.6 is 22.9 Å². The third-order valence-electron chi connectivity index (χ3n) is 6.41. The molecule has 8 heteroatoms. The van der Waals surface area contributed by atoms with Crippen LogP contribution in [0.5, 0.6) is 5.75 Å². The lowest BCUT2D eigenvalue weighted by atomic mass is 9.96. The SMILES string of the molecule is COc1ccc2nc(N3CCCC(C(=O)N4CCN(c5ccc(Cl)cc5)CC4)C3)sc2c1. The zero-order valence-electron chi connectivity index (χ0n) is 18.2. The number of anilines is 2. The van der Waals surface area contributed by atoms with Gasteiger partial charge >= 0.3 is 0 Å². The summed E-state index contributed by atoms with van der Waals surface area (Å²) in [6.45, 7) is 4.92. The van der Waals surface area contributed by atoms with Crippen molar-refractivity contribution >= 4 is 49.9 Å². The average Bonchev–Trinajstić information content (AvgIpc) is 3.28. The van der Waals surface area contributed by atoms with Crippen LogP contribution in [0, 0.1) is 5.92 Å². The fourth-order valence-electron chi connectivity index (χ4n) is 4.60. The highest BCUT2D eigenvalue weighted by Crippen LogP contribution is 2.34. The topological polar surface area (TPSA) is 48.9 Å². The molecule has 168 valence electrons. The number of hydrogen-bond acceptors (Lipinski definition) is 6. The Labute approximate surface area is 197 Å². The Morgan fingerprint density at radius 2 is 1.84 bits per heavy atom. The molecule has 0 radical (unpaired) electrons. The lowest BCUT2D eigenvalue weighted by molar-refractivity contribution is -0.136. The molecule has 2 saturated heterocycles. The van der Waals surface area contributed by atoms with E-state index in [2.05, 4.69) is 9.80 Å². The number of thiazole rings is 1. The van der Waals surface area contributed by atoms with E-state index >= 15 is 0 Å². The summed E-state index contributed by atoms with van der Waals surface area (Å²) in [5, 5.41) is 1.75. The number of aromatic nitrogens is 1. The maximum atomic E-state index is 13.3. The van der Waals surface area contributed by atoms with E-state index < -0.39 is 0 Å². The molecule has 1 atom stereocenters. The van der Waals surface area contributed by atoms with Crippen molar-refractivity contribution in [3.05, 3.63) is 47.5 Å². The molecule has 2 fully saturated rings. The van der Waals surface area contributed by atoms with Gasteiger partial charge in [-0.05, 0) is 55.3 Å². The highest BCUT2D eigenvalue weighted by Gasteiger charge is 2.32. The van der Waals surface area contributed by atoms with E-state index in [0.717, 1.165) is 83.9 Å². The summed E-state index contributed by atoms with van der Waals surface area (Å²) in [5.74, 6) is 1.16. The molecule has 1 aromatic heterocycles. The Balaban J connectivity index is 1.22. The highest BCUT2D eigenvalue weighted by atomic mass is 35.5. The maximum Gasteiger partial charge on any atom is 0.227 e. The van der Waals surface area contributed by atoms with Crippen molar-refractivity contribution in [2.45, 2.75) is 12.8 Å². The fraction of sp³-hybridized carbons (Fsp3) is 0.417. The van der Waals surface area contributed by atoms with Gasteiger partial charge in [0.25, 0.3) is 0 Å². The van der Waals surface area contributed by atoms with Gasteiger partial charge in [0.2, 0.25) is 5.91 Å². The Kier molecular flexibility index (Phi) is 6.11. The summed E-state index contributed by atoms with van der Waals surface area (Å²) >= 11 is 7.68. The standard InChI is InChI=1S/C24H27ClN4O2S/c1-31-20-8-9-21-22(15-20)32-24(26-21)29-10-2-3-17(16-29)23(30)28-13-11-27(12-14-28)19-6-4-18(25)5-7-19/h4-9,15,17H,2-3,10-14,16H2,1H3. The molecule has 0 N–H and O–H groups in total. The minimum absolute atomic E-state index is 0.0346. The predicted octanol–water partition coefficient (Wildman–Crippen LogP) is 4.52. The average molecular weight is 471 g/mol. The molecule has 1 amide bonds. The minimum Gasteiger partial charge on any atom is -0.497 e. The second-order valence-electron chi connectivity index (χ2n) is 8.40. The zero-order valence-corrected chi connectivity index (χ0v) is 19.7. The molecule has 2 aliphatic heterocycles. The van der Waals surface area contributed by atoms with Gasteiger partial charge in [0.05, 0.1) is 23.2 Å². The predicted molar refractivity (Wildman–Crippen MR) is 131 cm³/mol. The minimum atomic E-state index is 0.0346. The van der Waals surface area contributed by atoms with Gasteiger partial charge in [0, 0.05) is 50.0 Å². The molecule has 0 saturated carbocycles. The van der Waals surface area contributed by atoms with Crippen LogP contribution in [0.25, 0.3) is 10.2 Å². The van der Waals surface area contributed by atoms with Crippen molar-refractivity contribution in [2.75, 3.05) is 56.2 Å². The van der Waals surface area contributed by atoms with Gasteiger partial charge in [-0.2, -0.15) is 0 Å². The highest BCUT2D eigenvalue weighted by molar-refractivity contribution is 7.22. The van der Waals surface area contributed by atoms with Gasteiger partial charge < -0.3 is 19.4 Å². The Bertz CT molecular complexity index is 1100. The summed E-state index contributed by atoms with van der Waals surface area (Å²) < 4.78 is 6.46. The van der Waals surface area contributed by atoms with Gasteiger partial charge in [-0.15, -0.1) is 0 Å². The number of fused-ring (bicyclic) bond motifs is 1. The monoisotopic (exact) mass is 470 g/mol. The van der Waals surface area contributed by atoms with Gasteiger partial charge in [0.15, 0.2) is 5.13 Å². The summed E-state index contributed by atoms with van der Waals surface area (Å²) in [4.78, 5) is 24.8. The van der Waals surface area contributed by atoms with E-state index in [4.69, 9.17) is 21.3 Å². The first-order valence-corrected chi connectivity index (χ1v) is 12.3. The number of hydrogen-bond donors (Lipinski definition) is 0. The molecular formula is C24H27ClN4O2S. The van der Waals surface area contributed by atoms with Crippen molar-refractivity contribution in [1.29, 1.82) is 0 Å². The van der Waals surface area contributed by atoms with Gasteiger partial charge in [-0.25, -0.2) is 4.98 Å². The molecule has 2 aliphatic rings. The number of benzene rings is 2. The molecule has 1 unspecified atom stereocenters. The van der Waals surface area contributed by atoms with Crippen LogP contribution in [0.2, 0.25) is 5.02 Å². The first-order valence-electron chi connectivity index (χ1n) is 11.1. The van der Waals surface area contributed by atoms with Crippen LogP contribution in [-0.2, 0) is 4.79 Å². The lowest BCUT2D eigenvalue weighted by Crippen LogP contribution is -2.52. The fourth-order valence-corrected chi connectivity index (χ4v) is 5.76. The molecule has 0 aliphatic carbocycles. The zero-order chi connectivity index (χ0) is 22.1. The third kappa shape index (κ3) is 4.36. The Morgan fingerprint density at radius 3 is 2.59 bits per heavy atom. The number of piperidine rings is 1. The normalized spacial score (nSPS) is 19.4. The molecule has 0 bridgehead atoms. The van der Waals surface area contributed by atoms with Crippen molar-refractivity contribution in [2.24, 2.45) is 5.92 Å². The number of ether oxygens (including phenoxy) is 1. The Morgan fingerprint density at radius 1 is 1.06 bits per heavy atom. The number of nitrogens with zero attached hydrogens (tertiary/aromatic N) is 4.